The number of rotatable bonds is 5. The summed E-state index contributed by atoms with van der Waals surface area (Å²) in [5, 5.41) is 5.47. The van der Waals surface area contributed by atoms with Gasteiger partial charge in [0.15, 0.2) is 0 Å². The Morgan fingerprint density at radius 2 is 2.12 bits per heavy atom. The lowest BCUT2D eigenvalue weighted by molar-refractivity contribution is 0.272. The average Bonchev–Trinajstić information content (AvgIpc) is 2.13. The van der Waals surface area contributed by atoms with Crippen molar-refractivity contribution in [1.82, 2.24) is 0 Å². The van der Waals surface area contributed by atoms with Crippen molar-refractivity contribution in [3.63, 3.8) is 0 Å². The minimum absolute atomic E-state index is 0.101. The highest BCUT2D eigenvalue weighted by Gasteiger charge is 2.12. The minimum atomic E-state index is -3.46. The Morgan fingerprint density at radius 3 is 2.65 bits per heavy atom. The van der Waals surface area contributed by atoms with Crippen LogP contribution in [0, 0.1) is 12.8 Å². The molecular weight excluding hydrogens is 262 g/mol. The molecule has 0 aromatic heterocycles. The van der Waals surface area contributed by atoms with Crippen LogP contribution in [-0.4, -0.2) is 20.8 Å². The molecule has 0 aliphatic carbocycles. The molecule has 4 nitrogen and oxygen atoms in total. The number of benzene rings is 1. The second-order valence-electron chi connectivity index (χ2n) is 4.18. The van der Waals surface area contributed by atoms with Gasteiger partial charge in [-0.2, -0.15) is 0 Å². The summed E-state index contributed by atoms with van der Waals surface area (Å²) in [7, 11) is -3.46. The minimum Gasteiger partial charge on any atom is -0.492 e. The molecule has 0 radical (unpaired) electrons. The van der Waals surface area contributed by atoms with Crippen LogP contribution in [0.1, 0.15) is 12.5 Å². The van der Waals surface area contributed by atoms with Gasteiger partial charge >= 0.3 is 0 Å². The van der Waals surface area contributed by atoms with Gasteiger partial charge in [0.1, 0.15) is 5.75 Å². The number of halogens is 1. The lowest BCUT2D eigenvalue weighted by Crippen LogP contribution is -2.25. The van der Waals surface area contributed by atoms with E-state index in [9.17, 15) is 8.42 Å². The van der Waals surface area contributed by atoms with Crippen LogP contribution >= 0.6 is 11.6 Å². The maximum absolute atomic E-state index is 10.9. The van der Waals surface area contributed by atoms with Gasteiger partial charge in [0.2, 0.25) is 10.0 Å². The van der Waals surface area contributed by atoms with Crippen molar-refractivity contribution in [3.05, 3.63) is 28.8 Å². The Labute approximate surface area is 107 Å². The predicted octanol–water partition coefficient (Wildman–Crippen LogP) is 1.95. The van der Waals surface area contributed by atoms with Crippen LogP contribution in [0.2, 0.25) is 5.02 Å². The molecule has 0 fully saturated rings. The highest BCUT2D eigenvalue weighted by atomic mass is 35.5. The molecule has 0 saturated heterocycles. The topological polar surface area (TPSA) is 69.4 Å². The number of nitrogens with two attached hydrogens (primary N) is 1. The van der Waals surface area contributed by atoms with Crippen molar-refractivity contribution in [3.8, 4) is 5.75 Å². The Balaban J connectivity index is 2.56. The summed E-state index contributed by atoms with van der Waals surface area (Å²) >= 11 is 5.98. The summed E-state index contributed by atoms with van der Waals surface area (Å²) in [5.74, 6) is 0.275. The molecule has 96 valence electrons. The van der Waals surface area contributed by atoms with E-state index in [0.29, 0.717) is 10.8 Å². The van der Waals surface area contributed by atoms with Crippen molar-refractivity contribution in [2.24, 2.45) is 11.1 Å². The van der Waals surface area contributed by atoms with Gasteiger partial charge in [0.05, 0.1) is 17.4 Å². The van der Waals surface area contributed by atoms with E-state index in [1.165, 1.54) is 0 Å². The van der Waals surface area contributed by atoms with Crippen molar-refractivity contribution < 1.29 is 13.2 Å². The largest absolute Gasteiger partial charge is 0.492 e. The van der Waals surface area contributed by atoms with Crippen LogP contribution in [0.3, 0.4) is 0 Å². The van der Waals surface area contributed by atoms with E-state index < -0.39 is 10.0 Å². The van der Waals surface area contributed by atoms with Gasteiger partial charge in [-0.05, 0) is 24.6 Å². The lowest BCUT2D eigenvalue weighted by atomic mass is 10.2. The van der Waals surface area contributed by atoms with E-state index in [-0.39, 0.29) is 18.3 Å². The lowest BCUT2D eigenvalue weighted by Gasteiger charge is -2.13. The Hall–Kier alpha value is -0.780. The molecule has 0 bridgehead atoms. The van der Waals surface area contributed by atoms with Crippen LogP contribution in [0.5, 0.6) is 5.75 Å². The molecular formula is C11H16ClNO3S. The first-order chi connectivity index (χ1) is 7.78. The fourth-order valence-corrected chi connectivity index (χ4v) is 2.58. The van der Waals surface area contributed by atoms with Crippen LogP contribution < -0.4 is 9.88 Å². The van der Waals surface area contributed by atoms with E-state index in [1.54, 1.807) is 19.1 Å². The molecule has 0 aliphatic heterocycles. The first-order valence-corrected chi connectivity index (χ1v) is 7.26. The van der Waals surface area contributed by atoms with Crippen LogP contribution in [0.25, 0.3) is 0 Å². The highest BCUT2D eigenvalue weighted by molar-refractivity contribution is 7.89. The molecule has 1 unspecified atom stereocenters. The number of aryl methyl sites for hydroxylation is 1. The number of hydrogen-bond acceptors (Lipinski definition) is 3. The maximum Gasteiger partial charge on any atom is 0.209 e. The third-order valence-corrected chi connectivity index (χ3v) is 3.46. The van der Waals surface area contributed by atoms with E-state index in [0.717, 1.165) is 5.56 Å². The quantitative estimate of drug-likeness (QED) is 0.894. The molecule has 1 aromatic carbocycles. The second-order valence-corrected chi connectivity index (χ2v) is 6.25. The van der Waals surface area contributed by atoms with Gasteiger partial charge in [0, 0.05) is 5.92 Å². The summed E-state index contributed by atoms with van der Waals surface area (Å²) in [6.45, 7) is 3.95. The average molecular weight is 278 g/mol. The maximum atomic E-state index is 10.9. The molecule has 0 heterocycles. The van der Waals surface area contributed by atoms with E-state index in [4.69, 9.17) is 21.5 Å². The molecule has 0 saturated carbocycles. The molecule has 0 amide bonds. The standard InChI is InChI=1S/C11H16ClNO3S/c1-8-3-4-11(10(12)5-8)16-6-9(2)7-17(13,14)15/h3-5,9H,6-7H2,1-2H3,(H2,13,14,15). The van der Waals surface area contributed by atoms with Crippen LogP contribution in [-0.2, 0) is 10.0 Å². The Kier molecular flexibility index (Phi) is 4.80. The second kappa shape index (κ2) is 5.71. The third kappa shape index (κ3) is 5.39. The zero-order valence-electron chi connectivity index (χ0n) is 9.81. The highest BCUT2D eigenvalue weighted by Crippen LogP contribution is 2.25. The van der Waals surface area contributed by atoms with Crippen LogP contribution in [0.15, 0.2) is 18.2 Å². The van der Waals surface area contributed by atoms with Gasteiger partial charge in [-0.15, -0.1) is 0 Å². The van der Waals surface area contributed by atoms with Gasteiger partial charge in [-0.1, -0.05) is 24.6 Å². The van der Waals surface area contributed by atoms with Gasteiger partial charge in [-0.25, -0.2) is 13.6 Å². The monoisotopic (exact) mass is 277 g/mol. The number of hydrogen-bond donors (Lipinski definition) is 1. The van der Waals surface area contributed by atoms with Gasteiger partial charge in [0.25, 0.3) is 0 Å². The number of sulfonamides is 1. The molecule has 0 aliphatic rings. The molecule has 1 rings (SSSR count). The third-order valence-electron chi connectivity index (χ3n) is 2.13. The molecule has 1 aromatic rings. The summed E-state index contributed by atoms with van der Waals surface area (Å²) in [6, 6.07) is 5.44. The van der Waals surface area contributed by atoms with Crippen LogP contribution in [0.4, 0.5) is 0 Å². The van der Waals surface area contributed by atoms with Crippen molar-refractivity contribution in [1.29, 1.82) is 0 Å². The summed E-state index contributed by atoms with van der Waals surface area (Å²) in [4.78, 5) is 0. The SMILES string of the molecule is Cc1ccc(OCC(C)CS(N)(=O)=O)c(Cl)c1. The first kappa shape index (κ1) is 14.3. The van der Waals surface area contributed by atoms with E-state index in [2.05, 4.69) is 0 Å². The smallest absolute Gasteiger partial charge is 0.209 e. The molecule has 0 spiro atoms. The molecule has 17 heavy (non-hydrogen) atoms. The fraction of sp³-hybridized carbons (Fsp3) is 0.455. The number of primary sulfonamides is 1. The number of ether oxygens (including phenoxy) is 1. The van der Waals surface area contributed by atoms with Crippen molar-refractivity contribution >= 4 is 21.6 Å². The van der Waals surface area contributed by atoms with E-state index >= 15 is 0 Å². The first-order valence-electron chi connectivity index (χ1n) is 5.17. The zero-order chi connectivity index (χ0) is 13.1. The zero-order valence-corrected chi connectivity index (χ0v) is 11.4. The van der Waals surface area contributed by atoms with Gasteiger partial charge in [-0.3, -0.25) is 0 Å². The van der Waals surface area contributed by atoms with E-state index in [1.807, 2.05) is 13.0 Å². The normalized spacial score (nSPS) is 13.4. The Morgan fingerprint density at radius 1 is 1.47 bits per heavy atom. The van der Waals surface area contributed by atoms with Crippen molar-refractivity contribution in [2.45, 2.75) is 13.8 Å². The van der Waals surface area contributed by atoms with Crippen molar-refractivity contribution in [2.75, 3.05) is 12.4 Å². The molecule has 2 N–H and O–H groups in total. The Bertz CT molecular complexity index is 487. The van der Waals surface area contributed by atoms with Gasteiger partial charge < -0.3 is 4.74 Å². The molecule has 6 heteroatoms. The fourth-order valence-electron chi connectivity index (χ4n) is 1.40. The summed E-state index contributed by atoms with van der Waals surface area (Å²) < 4.78 is 27.2. The molecule has 1 atom stereocenters. The predicted molar refractivity (Wildman–Crippen MR) is 68.8 cm³/mol. The summed E-state index contributed by atoms with van der Waals surface area (Å²) in [6.07, 6.45) is 0. The summed E-state index contributed by atoms with van der Waals surface area (Å²) in [5.41, 5.74) is 1.04.